The molecule has 0 saturated carbocycles. The molecule has 0 aromatic carbocycles. The van der Waals surface area contributed by atoms with Crippen molar-refractivity contribution in [2.45, 2.75) is 19.4 Å². The van der Waals surface area contributed by atoms with Gasteiger partial charge in [0.05, 0.1) is 11.9 Å². The van der Waals surface area contributed by atoms with E-state index in [0.717, 1.165) is 12.3 Å². The first-order chi connectivity index (χ1) is 8.95. The average Bonchev–Trinajstić information content (AvgIpc) is 2.34. The summed E-state index contributed by atoms with van der Waals surface area (Å²) < 4.78 is 18.1. The van der Waals surface area contributed by atoms with Gasteiger partial charge in [-0.3, -0.25) is 14.6 Å². The van der Waals surface area contributed by atoms with Crippen molar-refractivity contribution in [3.8, 4) is 0 Å². The highest BCUT2D eigenvalue weighted by Gasteiger charge is 2.30. The Bertz CT molecular complexity index is 434. The van der Waals surface area contributed by atoms with Crippen LogP contribution >= 0.6 is 0 Å². The monoisotopic (exact) mass is 271 g/mol. The van der Waals surface area contributed by atoms with Crippen molar-refractivity contribution >= 4 is 11.9 Å². The lowest BCUT2D eigenvalue weighted by Crippen LogP contribution is -2.26. The molecule has 0 radical (unpaired) electrons. The summed E-state index contributed by atoms with van der Waals surface area (Å²) in [5.41, 5.74) is 0.302. The minimum atomic E-state index is -1.59. The molecule has 0 fully saturated rings. The second kappa shape index (κ2) is 6.79. The quantitative estimate of drug-likeness (QED) is 0.729. The lowest BCUT2D eigenvalue weighted by molar-refractivity contribution is -0.156. The number of pyridine rings is 1. The van der Waals surface area contributed by atoms with Crippen LogP contribution in [0.2, 0.25) is 0 Å². The van der Waals surface area contributed by atoms with Gasteiger partial charge in [0.15, 0.2) is 5.92 Å². The lowest BCUT2D eigenvalue weighted by Gasteiger charge is -2.18. The molecule has 0 aliphatic rings. The molecule has 1 aromatic rings. The van der Waals surface area contributed by atoms with E-state index in [9.17, 15) is 14.0 Å². The van der Waals surface area contributed by atoms with Crippen LogP contribution in [0.5, 0.6) is 0 Å². The summed E-state index contributed by atoms with van der Waals surface area (Å²) in [4.78, 5) is 25.5. The summed E-state index contributed by atoms with van der Waals surface area (Å²) >= 11 is 0. The molecule has 0 amide bonds. The zero-order valence-electron chi connectivity index (χ0n) is 10.2. The zero-order valence-corrected chi connectivity index (χ0v) is 10.2. The first kappa shape index (κ1) is 15.0. The van der Waals surface area contributed by atoms with Gasteiger partial charge in [-0.2, -0.15) is 0 Å². The molecule has 1 heterocycles. The molecule has 1 aromatic heterocycles. The van der Waals surface area contributed by atoms with Gasteiger partial charge >= 0.3 is 11.9 Å². The average molecular weight is 271 g/mol. The van der Waals surface area contributed by atoms with Crippen LogP contribution in [0, 0.1) is 11.7 Å². The number of rotatable bonds is 7. The number of aromatic nitrogens is 1. The summed E-state index contributed by atoms with van der Waals surface area (Å²) in [6.07, 6.45) is -0.0996. The number of carboxylic acids is 2. The van der Waals surface area contributed by atoms with Crippen LogP contribution in [-0.4, -0.2) is 33.7 Å². The van der Waals surface area contributed by atoms with E-state index in [1.54, 1.807) is 6.92 Å². The van der Waals surface area contributed by atoms with Crippen molar-refractivity contribution in [1.29, 1.82) is 0 Å². The van der Waals surface area contributed by atoms with E-state index in [1.165, 1.54) is 6.07 Å². The third kappa shape index (κ3) is 4.29. The molecule has 1 atom stereocenters. The molecule has 7 heteroatoms. The molecule has 104 valence electrons. The van der Waals surface area contributed by atoms with E-state index in [1.807, 2.05) is 0 Å². The fourth-order valence-electron chi connectivity index (χ4n) is 1.57. The number of ether oxygens (including phenoxy) is 1. The molecule has 2 N–H and O–H groups in total. The Morgan fingerprint density at radius 3 is 2.42 bits per heavy atom. The van der Waals surface area contributed by atoms with Gasteiger partial charge < -0.3 is 14.9 Å². The topological polar surface area (TPSA) is 96.7 Å². The Kier molecular flexibility index (Phi) is 5.37. The molecule has 1 rings (SSSR count). The van der Waals surface area contributed by atoms with E-state index in [-0.39, 0.29) is 13.0 Å². The Morgan fingerprint density at radius 2 is 2.00 bits per heavy atom. The number of hydrogen-bond donors (Lipinski definition) is 2. The van der Waals surface area contributed by atoms with Gasteiger partial charge in [-0.1, -0.05) is 0 Å². The SMILES string of the molecule is CCOC(CC(C(=O)O)C(=O)O)c1ccc(F)cn1. The van der Waals surface area contributed by atoms with Crippen molar-refractivity contribution in [2.75, 3.05) is 6.61 Å². The Hall–Kier alpha value is -2.02. The molecule has 0 spiro atoms. The molecule has 0 bridgehead atoms. The number of hydrogen-bond acceptors (Lipinski definition) is 4. The van der Waals surface area contributed by atoms with Gasteiger partial charge in [0.25, 0.3) is 0 Å². The molecule has 1 unspecified atom stereocenters. The molecular weight excluding hydrogens is 257 g/mol. The van der Waals surface area contributed by atoms with Crippen LogP contribution in [0.1, 0.15) is 25.1 Å². The Morgan fingerprint density at radius 1 is 1.37 bits per heavy atom. The predicted octanol–water partition coefficient (Wildman–Crippen LogP) is 1.47. The Labute approximate surface area is 108 Å². The second-order valence-corrected chi connectivity index (χ2v) is 3.81. The molecule has 0 aliphatic heterocycles. The molecule has 0 aliphatic carbocycles. The van der Waals surface area contributed by atoms with Crippen molar-refractivity contribution < 1.29 is 28.9 Å². The van der Waals surface area contributed by atoms with E-state index in [4.69, 9.17) is 14.9 Å². The van der Waals surface area contributed by atoms with Crippen LogP contribution in [0.25, 0.3) is 0 Å². The normalized spacial score (nSPS) is 12.4. The highest BCUT2D eigenvalue weighted by molar-refractivity contribution is 5.92. The Balaban J connectivity index is 2.91. The van der Waals surface area contributed by atoms with Crippen LogP contribution in [0.3, 0.4) is 0 Å². The van der Waals surface area contributed by atoms with Gasteiger partial charge in [-0.05, 0) is 19.1 Å². The van der Waals surface area contributed by atoms with Gasteiger partial charge in [0.2, 0.25) is 0 Å². The molecule has 0 saturated heterocycles. The molecule has 6 nitrogen and oxygen atoms in total. The molecular formula is C12H14FNO5. The second-order valence-electron chi connectivity index (χ2n) is 3.81. The van der Waals surface area contributed by atoms with Crippen molar-refractivity contribution in [2.24, 2.45) is 5.92 Å². The number of carbonyl (C=O) groups is 2. The zero-order chi connectivity index (χ0) is 14.4. The third-order valence-electron chi connectivity index (χ3n) is 2.49. The van der Waals surface area contributed by atoms with Gasteiger partial charge in [0, 0.05) is 13.0 Å². The number of nitrogens with zero attached hydrogens (tertiary/aromatic N) is 1. The standard InChI is InChI=1S/C12H14FNO5/c1-2-19-10(5-8(11(15)16)12(17)18)9-4-3-7(13)6-14-9/h3-4,6,8,10H,2,5H2,1H3,(H,15,16)(H,17,18). The maximum Gasteiger partial charge on any atom is 0.317 e. The highest BCUT2D eigenvalue weighted by atomic mass is 19.1. The van der Waals surface area contributed by atoms with Crippen LogP contribution < -0.4 is 0 Å². The number of halogens is 1. The lowest BCUT2D eigenvalue weighted by atomic mass is 9.99. The van der Waals surface area contributed by atoms with Crippen LogP contribution in [0.15, 0.2) is 18.3 Å². The van der Waals surface area contributed by atoms with Crippen LogP contribution in [0.4, 0.5) is 4.39 Å². The van der Waals surface area contributed by atoms with E-state index >= 15 is 0 Å². The summed E-state index contributed by atoms with van der Waals surface area (Å²) in [5.74, 6) is -5.02. The first-order valence-corrected chi connectivity index (χ1v) is 5.64. The summed E-state index contributed by atoms with van der Waals surface area (Å²) in [5, 5.41) is 17.7. The summed E-state index contributed by atoms with van der Waals surface area (Å²) in [6.45, 7) is 1.95. The smallest absolute Gasteiger partial charge is 0.317 e. The maximum atomic E-state index is 12.8. The van der Waals surface area contributed by atoms with Gasteiger partial charge in [-0.25, -0.2) is 4.39 Å². The van der Waals surface area contributed by atoms with Gasteiger partial charge in [-0.15, -0.1) is 0 Å². The fourth-order valence-corrected chi connectivity index (χ4v) is 1.57. The highest BCUT2D eigenvalue weighted by Crippen LogP contribution is 2.24. The third-order valence-corrected chi connectivity index (χ3v) is 2.49. The van der Waals surface area contributed by atoms with Crippen LogP contribution in [-0.2, 0) is 14.3 Å². The van der Waals surface area contributed by atoms with E-state index < -0.39 is 29.8 Å². The fraction of sp³-hybridized carbons (Fsp3) is 0.417. The minimum Gasteiger partial charge on any atom is -0.481 e. The van der Waals surface area contributed by atoms with E-state index in [0.29, 0.717) is 5.69 Å². The van der Waals surface area contributed by atoms with E-state index in [2.05, 4.69) is 4.98 Å². The number of aliphatic carboxylic acids is 2. The maximum absolute atomic E-state index is 12.8. The summed E-state index contributed by atoms with van der Waals surface area (Å²) in [6, 6.07) is 2.50. The molecule has 19 heavy (non-hydrogen) atoms. The van der Waals surface area contributed by atoms with Crippen molar-refractivity contribution in [3.63, 3.8) is 0 Å². The van der Waals surface area contributed by atoms with Gasteiger partial charge in [0.1, 0.15) is 11.9 Å². The largest absolute Gasteiger partial charge is 0.481 e. The number of carboxylic acid groups (broad SMARTS) is 2. The van der Waals surface area contributed by atoms with Crippen molar-refractivity contribution in [1.82, 2.24) is 4.98 Å². The first-order valence-electron chi connectivity index (χ1n) is 5.64. The minimum absolute atomic E-state index is 0.260. The summed E-state index contributed by atoms with van der Waals surface area (Å²) in [7, 11) is 0. The predicted molar refractivity (Wildman–Crippen MR) is 61.9 cm³/mol. The van der Waals surface area contributed by atoms with Crippen molar-refractivity contribution in [3.05, 3.63) is 29.8 Å².